The molecule has 1 amide bonds. The predicted molar refractivity (Wildman–Crippen MR) is 90.6 cm³/mol. The molecule has 2 atom stereocenters. The standard InChI is InChI=1S/C19H22FN3O/c20-16-8-6-14(7-9-16)12-17(21)19(24)23-11-2-1-5-18(23)15-4-3-10-22-13-15/h3-4,6-10,13,17-18H,1-2,5,11-12,21H2/t17-,18+/m0/s1. The molecule has 4 nitrogen and oxygen atoms in total. The van der Waals surface area contributed by atoms with Crippen LogP contribution in [0.1, 0.15) is 36.4 Å². The molecule has 0 unspecified atom stereocenters. The molecule has 1 saturated heterocycles. The lowest BCUT2D eigenvalue weighted by Gasteiger charge is -2.37. The summed E-state index contributed by atoms with van der Waals surface area (Å²) in [6, 6.07) is 9.47. The Morgan fingerprint density at radius 3 is 2.79 bits per heavy atom. The number of nitrogens with zero attached hydrogens (tertiary/aromatic N) is 2. The van der Waals surface area contributed by atoms with E-state index in [-0.39, 0.29) is 17.8 Å². The van der Waals surface area contributed by atoms with Crippen molar-refractivity contribution in [3.05, 3.63) is 65.7 Å². The number of carbonyl (C=O) groups is 1. The third-order valence-electron chi connectivity index (χ3n) is 4.54. The number of halogens is 1. The maximum absolute atomic E-state index is 13.0. The summed E-state index contributed by atoms with van der Waals surface area (Å²) in [5.74, 6) is -0.334. The molecule has 0 spiro atoms. The number of hydrogen-bond acceptors (Lipinski definition) is 3. The van der Waals surface area contributed by atoms with E-state index in [0.29, 0.717) is 6.42 Å². The van der Waals surface area contributed by atoms with E-state index in [0.717, 1.165) is 36.9 Å². The van der Waals surface area contributed by atoms with Crippen molar-refractivity contribution < 1.29 is 9.18 Å². The number of likely N-dealkylation sites (tertiary alicyclic amines) is 1. The van der Waals surface area contributed by atoms with Gasteiger partial charge in [0.1, 0.15) is 5.82 Å². The molecule has 3 rings (SSSR count). The Kier molecular flexibility index (Phi) is 5.20. The van der Waals surface area contributed by atoms with Gasteiger partial charge in [0.15, 0.2) is 0 Å². The van der Waals surface area contributed by atoms with Crippen molar-refractivity contribution in [1.29, 1.82) is 0 Å². The lowest BCUT2D eigenvalue weighted by atomic mass is 9.94. The van der Waals surface area contributed by atoms with E-state index in [9.17, 15) is 9.18 Å². The maximum atomic E-state index is 13.0. The van der Waals surface area contributed by atoms with Crippen LogP contribution in [0.5, 0.6) is 0 Å². The Hall–Kier alpha value is -2.27. The van der Waals surface area contributed by atoms with E-state index in [4.69, 9.17) is 5.73 Å². The number of aromatic nitrogens is 1. The Morgan fingerprint density at radius 2 is 2.08 bits per heavy atom. The topological polar surface area (TPSA) is 59.2 Å². The van der Waals surface area contributed by atoms with Gasteiger partial charge in [-0.15, -0.1) is 0 Å². The Bertz CT molecular complexity index is 675. The summed E-state index contributed by atoms with van der Waals surface area (Å²) >= 11 is 0. The lowest BCUT2D eigenvalue weighted by Crippen LogP contribution is -2.48. The van der Waals surface area contributed by atoms with Gasteiger partial charge < -0.3 is 10.6 Å². The average molecular weight is 327 g/mol. The van der Waals surface area contributed by atoms with Gasteiger partial charge in [0.25, 0.3) is 0 Å². The number of benzene rings is 1. The van der Waals surface area contributed by atoms with Crippen molar-refractivity contribution in [1.82, 2.24) is 9.88 Å². The fourth-order valence-corrected chi connectivity index (χ4v) is 3.29. The molecule has 2 N–H and O–H groups in total. The molecule has 24 heavy (non-hydrogen) atoms. The highest BCUT2D eigenvalue weighted by Crippen LogP contribution is 2.31. The minimum absolute atomic E-state index is 0.0409. The van der Waals surface area contributed by atoms with Gasteiger partial charge in [-0.25, -0.2) is 4.39 Å². The van der Waals surface area contributed by atoms with Crippen LogP contribution in [0, 0.1) is 5.82 Å². The summed E-state index contributed by atoms with van der Waals surface area (Å²) in [4.78, 5) is 18.9. The highest BCUT2D eigenvalue weighted by atomic mass is 19.1. The zero-order valence-corrected chi connectivity index (χ0v) is 13.6. The normalized spacial score (nSPS) is 19.1. The number of piperidine rings is 1. The molecule has 0 bridgehead atoms. The van der Waals surface area contributed by atoms with Crippen molar-refractivity contribution in [3.63, 3.8) is 0 Å². The van der Waals surface area contributed by atoms with Crippen LogP contribution in [-0.2, 0) is 11.2 Å². The van der Waals surface area contributed by atoms with Crippen LogP contribution in [0.3, 0.4) is 0 Å². The quantitative estimate of drug-likeness (QED) is 0.939. The highest BCUT2D eigenvalue weighted by Gasteiger charge is 2.31. The Balaban J connectivity index is 1.72. The minimum Gasteiger partial charge on any atom is -0.334 e. The van der Waals surface area contributed by atoms with Crippen LogP contribution in [0.25, 0.3) is 0 Å². The van der Waals surface area contributed by atoms with Crippen molar-refractivity contribution in [2.75, 3.05) is 6.54 Å². The Labute approximate surface area is 141 Å². The number of rotatable bonds is 4. The van der Waals surface area contributed by atoms with Gasteiger partial charge in [0.2, 0.25) is 5.91 Å². The molecular formula is C19H22FN3O. The monoisotopic (exact) mass is 327 g/mol. The summed E-state index contributed by atoms with van der Waals surface area (Å²) in [6.45, 7) is 0.718. The molecule has 1 aromatic carbocycles. The van der Waals surface area contributed by atoms with Gasteiger partial charge in [0.05, 0.1) is 12.1 Å². The highest BCUT2D eigenvalue weighted by molar-refractivity contribution is 5.82. The van der Waals surface area contributed by atoms with Gasteiger partial charge in [0, 0.05) is 18.9 Å². The fourth-order valence-electron chi connectivity index (χ4n) is 3.29. The van der Waals surface area contributed by atoms with E-state index in [1.165, 1.54) is 12.1 Å². The van der Waals surface area contributed by atoms with Gasteiger partial charge in [-0.1, -0.05) is 18.2 Å². The van der Waals surface area contributed by atoms with E-state index >= 15 is 0 Å². The number of nitrogens with two attached hydrogens (primary N) is 1. The third-order valence-corrected chi connectivity index (χ3v) is 4.54. The first-order chi connectivity index (χ1) is 11.6. The van der Waals surface area contributed by atoms with Crippen LogP contribution in [0.4, 0.5) is 4.39 Å². The minimum atomic E-state index is -0.618. The average Bonchev–Trinajstić information content (AvgIpc) is 2.63. The van der Waals surface area contributed by atoms with Gasteiger partial charge in [-0.3, -0.25) is 9.78 Å². The first kappa shape index (κ1) is 16.6. The molecule has 1 aliphatic rings. The van der Waals surface area contributed by atoms with E-state index in [1.807, 2.05) is 23.2 Å². The Morgan fingerprint density at radius 1 is 1.29 bits per heavy atom. The summed E-state index contributed by atoms with van der Waals surface area (Å²) in [6.07, 6.45) is 6.99. The molecule has 1 aliphatic heterocycles. The molecule has 2 aromatic rings. The number of carbonyl (C=O) groups excluding carboxylic acids is 1. The second-order valence-electron chi connectivity index (χ2n) is 6.27. The molecule has 0 aliphatic carbocycles. The van der Waals surface area contributed by atoms with Gasteiger partial charge >= 0.3 is 0 Å². The first-order valence-electron chi connectivity index (χ1n) is 8.35. The third kappa shape index (κ3) is 3.79. The largest absolute Gasteiger partial charge is 0.334 e. The molecule has 0 radical (unpaired) electrons. The van der Waals surface area contributed by atoms with Crippen molar-refractivity contribution in [3.8, 4) is 0 Å². The summed E-state index contributed by atoms with van der Waals surface area (Å²) in [7, 11) is 0. The summed E-state index contributed by atoms with van der Waals surface area (Å²) in [5, 5.41) is 0. The SMILES string of the molecule is N[C@@H](Cc1ccc(F)cc1)C(=O)N1CCCC[C@@H]1c1cccnc1. The van der Waals surface area contributed by atoms with Crippen molar-refractivity contribution >= 4 is 5.91 Å². The van der Waals surface area contributed by atoms with Crippen LogP contribution in [0.2, 0.25) is 0 Å². The lowest BCUT2D eigenvalue weighted by molar-refractivity contribution is -0.136. The maximum Gasteiger partial charge on any atom is 0.240 e. The van der Waals surface area contributed by atoms with Crippen LogP contribution >= 0.6 is 0 Å². The van der Waals surface area contributed by atoms with Gasteiger partial charge in [-0.2, -0.15) is 0 Å². The second-order valence-corrected chi connectivity index (χ2v) is 6.27. The number of amides is 1. The molecular weight excluding hydrogens is 305 g/mol. The number of hydrogen-bond donors (Lipinski definition) is 1. The zero-order chi connectivity index (χ0) is 16.9. The molecule has 1 aromatic heterocycles. The second kappa shape index (κ2) is 7.53. The summed E-state index contributed by atoms with van der Waals surface area (Å²) in [5.41, 5.74) is 8.08. The molecule has 1 fully saturated rings. The van der Waals surface area contributed by atoms with Crippen LogP contribution in [-0.4, -0.2) is 28.4 Å². The van der Waals surface area contributed by atoms with Crippen molar-refractivity contribution in [2.45, 2.75) is 37.8 Å². The van der Waals surface area contributed by atoms with Crippen molar-refractivity contribution in [2.24, 2.45) is 5.73 Å². The first-order valence-corrected chi connectivity index (χ1v) is 8.35. The van der Waals surface area contributed by atoms with Gasteiger partial charge in [-0.05, 0) is 55.0 Å². The number of pyridine rings is 1. The zero-order valence-electron chi connectivity index (χ0n) is 13.6. The smallest absolute Gasteiger partial charge is 0.240 e. The predicted octanol–water partition coefficient (Wildman–Crippen LogP) is 2.84. The molecule has 2 heterocycles. The summed E-state index contributed by atoms with van der Waals surface area (Å²) < 4.78 is 13.0. The van der Waals surface area contributed by atoms with Crippen LogP contribution in [0.15, 0.2) is 48.8 Å². The molecule has 0 saturated carbocycles. The van der Waals surface area contributed by atoms with Crippen LogP contribution < -0.4 is 5.73 Å². The fraction of sp³-hybridized carbons (Fsp3) is 0.368. The molecule has 126 valence electrons. The van der Waals surface area contributed by atoms with E-state index in [1.54, 1.807) is 18.3 Å². The van der Waals surface area contributed by atoms with E-state index in [2.05, 4.69) is 4.98 Å². The molecule has 5 heteroatoms. The van der Waals surface area contributed by atoms with E-state index < -0.39 is 6.04 Å².